The number of thiophene rings is 1. The molecule has 2 amide bonds. The first-order valence-electron chi connectivity index (χ1n) is 12.8. The van der Waals surface area contributed by atoms with Crippen molar-refractivity contribution in [2.24, 2.45) is 0 Å². The molecule has 0 radical (unpaired) electrons. The van der Waals surface area contributed by atoms with E-state index in [4.69, 9.17) is 0 Å². The molecular weight excluding hydrogens is 510 g/mol. The second-order valence-electron chi connectivity index (χ2n) is 9.36. The molecule has 5 rings (SSSR count). The van der Waals surface area contributed by atoms with Gasteiger partial charge in [-0.3, -0.25) is 9.59 Å². The topological polar surface area (TPSA) is 102 Å². The molecule has 0 bridgehead atoms. The quantitative estimate of drug-likeness (QED) is 0.310. The van der Waals surface area contributed by atoms with Gasteiger partial charge in [0.15, 0.2) is 0 Å². The molecule has 1 saturated heterocycles. The summed E-state index contributed by atoms with van der Waals surface area (Å²) in [5.74, 6) is 0.163. The molecule has 0 unspecified atom stereocenters. The lowest BCUT2D eigenvalue weighted by atomic mass is 10.1. The molecule has 200 valence electrons. The second kappa shape index (κ2) is 12.1. The standard InChI is InChI=1S/C29H31N7O2S/c1-30-27(37)21-6-3-5-20(17-21)19-32-28(38)26-10-9-25(39-26)24-11-12-31-29(34-24)33-22-7-4-8-23(18-22)36-15-13-35(2)14-16-36/h3-12,17-18H,13-16,19H2,1-2H3,(H,30,37)(H,32,38)(H,31,33,34). The van der Waals surface area contributed by atoms with Crippen LogP contribution in [0.1, 0.15) is 25.6 Å². The van der Waals surface area contributed by atoms with Crippen LogP contribution in [0, 0.1) is 0 Å². The molecule has 1 aliphatic rings. The lowest BCUT2D eigenvalue weighted by Gasteiger charge is -2.34. The summed E-state index contributed by atoms with van der Waals surface area (Å²) in [7, 11) is 3.74. The number of aromatic nitrogens is 2. The number of likely N-dealkylation sites (N-methyl/N-ethyl adjacent to an activating group) is 1. The van der Waals surface area contributed by atoms with E-state index in [0.29, 0.717) is 22.9 Å². The van der Waals surface area contributed by atoms with Crippen molar-refractivity contribution in [2.75, 3.05) is 50.5 Å². The maximum absolute atomic E-state index is 12.8. The van der Waals surface area contributed by atoms with Gasteiger partial charge in [0.25, 0.3) is 11.8 Å². The molecule has 9 nitrogen and oxygen atoms in total. The number of hydrogen-bond donors (Lipinski definition) is 3. The summed E-state index contributed by atoms with van der Waals surface area (Å²) in [6, 6.07) is 21.0. The molecule has 10 heteroatoms. The molecule has 1 fully saturated rings. The Labute approximate surface area is 231 Å². The van der Waals surface area contributed by atoms with E-state index in [2.05, 4.69) is 54.9 Å². The first kappa shape index (κ1) is 26.3. The van der Waals surface area contributed by atoms with E-state index in [9.17, 15) is 9.59 Å². The van der Waals surface area contributed by atoms with Crippen molar-refractivity contribution >= 4 is 40.5 Å². The lowest BCUT2D eigenvalue weighted by Crippen LogP contribution is -2.44. The van der Waals surface area contributed by atoms with E-state index >= 15 is 0 Å². The minimum atomic E-state index is -0.176. The van der Waals surface area contributed by atoms with Crippen LogP contribution in [0.3, 0.4) is 0 Å². The summed E-state index contributed by atoms with van der Waals surface area (Å²) in [6.45, 7) is 4.43. The maximum Gasteiger partial charge on any atom is 0.261 e. The van der Waals surface area contributed by atoms with Crippen molar-refractivity contribution in [3.63, 3.8) is 0 Å². The van der Waals surface area contributed by atoms with Crippen LogP contribution in [0.15, 0.2) is 72.9 Å². The third kappa shape index (κ3) is 6.60. The normalized spacial score (nSPS) is 13.6. The largest absolute Gasteiger partial charge is 0.369 e. The summed E-state index contributed by atoms with van der Waals surface area (Å²) >= 11 is 1.37. The zero-order valence-corrected chi connectivity index (χ0v) is 22.8. The number of carbonyl (C=O) groups excluding carboxylic acids is 2. The number of carbonyl (C=O) groups is 2. The summed E-state index contributed by atoms with van der Waals surface area (Å²) in [6.07, 6.45) is 1.72. The second-order valence-corrected chi connectivity index (χ2v) is 10.4. The molecule has 0 spiro atoms. The number of nitrogens with zero attached hydrogens (tertiary/aromatic N) is 4. The van der Waals surface area contributed by atoms with Gasteiger partial charge in [-0.15, -0.1) is 11.3 Å². The van der Waals surface area contributed by atoms with E-state index in [1.165, 1.54) is 17.0 Å². The monoisotopic (exact) mass is 541 g/mol. The van der Waals surface area contributed by atoms with Gasteiger partial charge in [0.2, 0.25) is 5.95 Å². The molecular formula is C29H31N7O2S. The molecule has 0 aliphatic carbocycles. The van der Waals surface area contributed by atoms with Crippen LogP contribution < -0.4 is 20.9 Å². The molecule has 2 aromatic heterocycles. The fourth-order valence-electron chi connectivity index (χ4n) is 4.36. The zero-order chi connectivity index (χ0) is 27.2. The van der Waals surface area contributed by atoms with Crippen LogP contribution >= 0.6 is 11.3 Å². The highest BCUT2D eigenvalue weighted by molar-refractivity contribution is 7.17. The van der Waals surface area contributed by atoms with Crippen LogP contribution in [-0.2, 0) is 6.54 Å². The highest BCUT2D eigenvalue weighted by atomic mass is 32.1. The van der Waals surface area contributed by atoms with Gasteiger partial charge >= 0.3 is 0 Å². The van der Waals surface area contributed by atoms with E-state index in [-0.39, 0.29) is 11.8 Å². The first-order chi connectivity index (χ1) is 19.0. The average molecular weight is 542 g/mol. The van der Waals surface area contributed by atoms with Crippen LogP contribution in [0.25, 0.3) is 10.6 Å². The summed E-state index contributed by atoms with van der Waals surface area (Å²) in [5, 5.41) is 8.86. The molecule has 4 aromatic rings. The fraction of sp³-hybridized carbons (Fsp3) is 0.241. The Kier molecular flexibility index (Phi) is 8.14. The van der Waals surface area contributed by atoms with Gasteiger partial charge in [-0.25, -0.2) is 9.97 Å². The van der Waals surface area contributed by atoms with Gasteiger partial charge < -0.3 is 25.8 Å². The maximum atomic E-state index is 12.8. The number of nitrogens with one attached hydrogen (secondary N) is 3. The Bertz CT molecular complexity index is 1460. The number of piperazine rings is 1. The lowest BCUT2D eigenvalue weighted by molar-refractivity contribution is 0.0952. The van der Waals surface area contributed by atoms with Gasteiger partial charge in [0, 0.05) is 62.9 Å². The van der Waals surface area contributed by atoms with Crippen LogP contribution in [0.2, 0.25) is 0 Å². The predicted octanol–water partition coefficient (Wildman–Crippen LogP) is 3.99. The third-order valence-corrected chi connectivity index (χ3v) is 7.68. The number of hydrogen-bond acceptors (Lipinski definition) is 8. The van der Waals surface area contributed by atoms with E-state index in [1.54, 1.807) is 37.5 Å². The number of anilines is 3. The van der Waals surface area contributed by atoms with E-state index < -0.39 is 0 Å². The number of rotatable bonds is 8. The highest BCUT2D eigenvalue weighted by Crippen LogP contribution is 2.28. The summed E-state index contributed by atoms with van der Waals surface area (Å²) in [5.41, 5.74) is 4.25. The molecule has 2 aromatic carbocycles. The van der Waals surface area contributed by atoms with Crippen molar-refractivity contribution in [3.05, 3.63) is 88.9 Å². The van der Waals surface area contributed by atoms with Crippen molar-refractivity contribution in [1.82, 2.24) is 25.5 Å². The molecule has 0 saturated carbocycles. The molecule has 0 atom stereocenters. The average Bonchev–Trinajstić information content (AvgIpc) is 3.47. The SMILES string of the molecule is CNC(=O)c1cccc(CNC(=O)c2ccc(-c3ccnc(Nc4cccc(N5CCN(C)CC5)c4)n3)s2)c1. The van der Waals surface area contributed by atoms with E-state index in [0.717, 1.165) is 48.0 Å². The Balaban J connectivity index is 1.22. The van der Waals surface area contributed by atoms with Gasteiger partial charge in [-0.2, -0.15) is 0 Å². The zero-order valence-electron chi connectivity index (χ0n) is 22.0. The fourth-order valence-corrected chi connectivity index (χ4v) is 5.26. The van der Waals surface area contributed by atoms with Crippen molar-refractivity contribution in [1.29, 1.82) is 0 Å². The van der Waals surface area contributed by atoms with E-state index in [1.807, 2.05) is 30.3 Å². The predicted molar refractivity (Wildman–Crippen MR) is 156 cm³/mol. The molecule has 39 heavy (non-hydrogen) atoms. The van der Waals surface area contributed by atoms with Gasteiger partial charge in [-0.1, -0.05) is 18.2 Å². The molecule has 3 N–H and O–H groups in total. The molecule has 3 heterocycles. The van der Waals surface area contributed by atoms with Crippen LogP contribution in [-0.4, -0.2) is 67.0 Å². The van der Waals surface area contributed by atoms with Gasteiger partial charge in [0.1, 0.15) is 0 Å². The number of benzene rings is 2. The van der Waals surface area contributed by atoms with Crippen LogP contribution in [0.4, 0.5) is 17.3 Å². The van der Waals surface area contributed by atoms with Crippen molar-refractivity contribution in [3.8, 4) is 10.6 Å². The highest BCUT2D eigenvalue weighted by Gasteiger charge is 2.15. The van der Waals surface area contributed by atoms with Gasteiger partial charge in [0.05, 0.1) is 15.4 Å². The Morgan fingerprint density at radius 1 is 0.949 bits per heavy atom. The van der Waals surface area contributed by atoms with Gasteiger partial charge in [-0.05, 0) is 61.1 Å². The minimum absolute atomic E-state index is 0.160. The Morgan fingerprint density at radius 3 is 2.59 bits per heavy atom. The summed E-state index contributed by atoms with van der Waals surface area (Å²) in [4.78, 5) is 39.9. The molecule has 1 aliphatic heterocycles. The summed E-state index contributed by atoms with van der Waals surface area (Å²) < 4.78 is 0. The van der Waals surface area contributed by atoms with Crippen LogP contribution in [0.5, 0.6) is 0 Å². The number of amides is 2. The Hall–Kier alpha value is -4.28. The Morgan fingerprint density at radius 2 is 1.77 bits per heavy atom. The third-order valence-electron chi connectivity index (χ3n) is 6.58. The smallest absolute Gasteiger partial charge is 0.261 e. The van der Waals surface area contributed by atoms with Crippen molar-refractivity contribution in [2.45, 2.75) is 6.54 Å². The first-order valence-corrected chi connectivity index (χ1v) is 13.6. The minimum Gasteiger partial charge on any atom is -0.369 e. The van der Waals surface area contributed by atoms with Crippen molar-refractivity contribution < 1.29 is 9.59 Å².